The molecule has 1 aromatic rings. The molecule has 0 saturated heterocycles. The van der Waals surface area contributed by atoms with Crippen LogP contribution in [-0.2, 0) is 28.2 Å². The van der Waals surface area contributed by atoms with E-state index in [2.05, 4.69) is 57.7 Å². The van der Waals surface area contributed by atoms with Crippen LogP contribution in [-0.4, -0.2) is 0 Å². The zero-order chi connectivity index (χ0) is 9.19. The van der Waals surface area contributed by atoms with Gasteiger partial charge in [0.1, 0.15) is 0 Å². The Morgan fingerprint density at radius 1 is 1.08 bits per heavy atom. The van der Waals surface area contributed by atoms with Crippen LogP contribution in [0.1, 0.15) is 31.9 Å². The molecule has 0 nitrogen and oxygen atoms in total. The van der Waals surface area contributed by atoms with Crippen molar-refractivity contribution in [2.45, 2.75) is 31.9 Å². The van der Waals surface area contributed by atoms with Gasteiger partial charge in [0.05, 0.1) is 0 Å². The van der Waals surface area contributed by atoms with Crippen molar-refractivity contribution in [3.05, 3.63) is 35.4 Å². The molecule has 0 aliphatic heterocycles. The van der Waals surface area contributed by atoms with Crippen molar-refractivity contribution < 1.29 is 17.1 Å². The summed E-state index contributed by atoms with van der Waals surface area (Å²) >= 11 is 4.22. The van der Waals surface area contributed by atoms with Gasteiger partial charge in [-0.05, 0) is 16.5 Å². The summed E-state index contributed by atoms with van der Waals surface area (Å²) in [6.45, 7) is 6.67. The Balaban J connectivity index is 0.00000144. The van der Waals surface area contributed by atoms with E-state index in [0.717, 1.165) is 5.75 Å². The van der Waals surface area contributed by atoms with Gasteiger partial charge in [-0.25, -0.2) is 0 Å². The summed E-state index contributed by atoms with van der Waals surface area (Å²) in [7, 11) is 0. The third kappa shape index (κ3) is 3.76. The Kier molecular flexibility index (Phi) is 5.13. The molecule has 0 heterocycles. The van der Waals surface area contributed by atoms with E-state index in [1.165, 1.54) is 11.1 Å². The largest absolute Gasteiger partial charge is 0.175 e. The maximum absolute atomic E-state index is 4.22. The van der Waals surface area contributed by atoms with E-state index in [4.69, 9.17) is 0 Å². The van der Waals surface area contributed by atoms with Crippen molar-refractivity contribution in [3.63, 3.8) is 0 Å². The summed E-state index contributed by atoms with van der Waals surface area (Å²) in [5.41, 5.74) is 2.93. The van der Waals surface area contributed by atoms with Crippen molar-refractivity contribution in [2.24, 2.45) is 0 Å². The summed E-state index contributed by atoms with van der Waals surface area (Å²) in [6, 6.07) is 8.66. The fourth-order valence-corrected chi connectivity index (χ4v) is 1.32. The maximum atomic E-state index is 4.22. The smallest absolute Gasteiger partial charge is 0.0154 e. The maximum Gasteiger partial charge on any atom is 0.0154 e. The van der Waals surface area contributed by atoms with Crippen LogP contribution in [0.3, 0.4) is 0 Å². The van der Waals surface area contributed by atoms with E-state index in [1.54, 1.807) is 0 Å². The van der Waals surface area contributed by atoms with Gasteiger partial charge < -0.3 is 0 Å². The van der Waals surface area contributed by atoms with Gasteiger partial charge in [0, 0.05) is 22.8 Å². The second-order valence-electron chi connectivity index (χ2n) is 4.11. The van der Waals surface area contributed by atoms with Gasteiger partial charge in [0.2, 0.25) is 0 Å². The molecule has 0 unspecified atom stereocenters. The molecule has 1 radical (unpaired) electrons. The Bertz CT molecular complexity index is 246. The average Bonchev–Trinajstić information content (AvgIpc) is 2.03. The van der Waals surface area contributed by atoms with Crippen LogP contribution >= 0.6 is 12.6 Å². The van der Waals surface area contributed by atoms with E-state index >= 15 is 0 Å². The van der Waals surface area contributed by atoms with Gasteiger partial charge in [0.15, 0.2) is 0 Å². The van der Waals surface area contributed by atoms with Crippen LogP contribution in [0.4, 0.5) is 0 Å². The van der Waals surface area contributed by atoms with Crippen LogP contribution in [0.25, 0.3) is 0 Å². The Morgan fingerprint density at radius 3 is 1.85 bits per heavy atom. The molecule has 0 amide bonds. The quantitative estimate of drug-likeness (QED) is 0.567. The standard InChI is InChI=1S/C11H16S.Cu/c1-11(2,3)10-6-4-9(8-12)5-7-10;/h4-7,12H,8H2,1-3H3;. The topological polar surface area (TPSA) is 0 Å². The predicted octanol–water partition coefficient (Wildman–Crippen LogP) is 3.41. The van der Waals surface area contributed by atoms with E-state index in [9.17, 15) is 0 Å². The second-order valence-corrected chi connectivity index (χ2v) is 4.42. The monoisotopic (exact) mass is 243 g/mol. The molecule has 0 saturated carbocycles. The summed E-state index contributed by atoms with van der Waals surface area (Å²) in [6.07, 6.45) is 0. The van der Waals surface area contributed by atoms with Crippen LogP contribution in [0.15, 0.2) is 24.3 Å². The first-order valence-corrected chi connectivity index (χ1v) is 4.87. The van der Waals surface area contributed by atoms with Crippen LogP contribution < -0.4 is 0 Å². The molecule has 0 atom stereocenters. The molecule has 0 aromatic heterocycles. The van der Waals surface area contributed by atoms with Gasteiger partial charge in [-0.15, -0.1) is 0 Å². The minimum absolute atomic E-state index is 0. The molecule has 0 bridgehead atoms. The normalized spacial score (nSPS) is 10.8. The minimum Gasteiger partial charge on any atom is -0.175 e. The molecule has 0 N–H and O–H groups in total. The van der Waals surface area contributed by atoms with E-state index in [0.29, 0.717) is 0 Å². The van der Waals surface area contributed by atoms with Gasteiger partial charge in [-0.1, -0.05) is 45.0 Å². The average molecular weight is 244 g/mol. The molecule has 0 aliphatic carbocycles. The van der Waals surface area contributed by atoms with E-state index < -0.39 is 0 Å². The van der Waals surface area contributed by atoms with Gasteiger partial charge in [0.25, 0.3) is 0 Å². The SMILES string of the molecule is CC(C)(C)c1ccc(CS)cc1.[Cu]. The molecule has 0 spiro atoms. The Labute approximate surface area is 97.0 Å². The molecular weight excluding hydrogens is 228 g/mol. The first-order valence-electron chi connectivity index (χ1n) is 4.24. The molecule has 77 valence electrons. The summed E-state index contributed by atoms with van der Waals surface area (Å²) in [5.74, 6) is 0.824. The van der Waals surface area contributed by atoms with Crippen LogP contribution in [0, 0.1) is 0 Å². The summed E-state index contributed by atoms with van der Waals surface area (Å²) in [5, 5.41) is 0. The van der Waals surface area contributed by atoms with Crippen LogP contribution in [0.5, 0.6) is 0 Å². The van der Waals surface area contributed by atoms with Crippen molar-refractivity contribution in [1.29, 1.82) is 0 Å². The van der Waals surface area contributed by atoms with Crippen molar-refractivity contribution >= 4 is 12.6 Å². The number of thiol groups is 1. The first kappa shape index (κ1) is 13.1. The zero-order valence-corrected chi connectivity index (χ0v) is 10.1. The summed E-state index contributed by atoms with van der Waals surface area (Å²) < 4.78 is 0. The van der Waals surface area contributed by atoms with Gasteiger partial charge in [-0.3, -0.25) is 0 Å². The fraction of sp³-hybridized carbons (Fsp3) is 0.455. The number of hydrogen-bond donors (Lipinski definition) is 1. The zero-order valence-electron chi connectivity index (χ0n) is 8.27. The number of benzene rings is 1. The molecule has 13 heavy (non-hydrogen) atoms. The molecule has 0 fully saturated rings. The van der Waals surface area contributed by atoms with Crippen molar-refractivity contribution in [2.75, 3.05) is 0 Å². The molecule has 2 heteroatoms. The van der Waals surface area contributed by atoms with Crippen molar-refractivity contribution in [3.8, 4) is 0 Å². The second kappa shape index (κ2) is 5.09. The van der Waals surface area contributed by atoms with Gasteiger partial charge in [-0.2, -0.15) is 12.6 Å². The third-order valence-corrected chi connectivity index (χ3v) is 2.37. The predicted molar refractivity (Wildman–Crippen MR) is 57.8 cm³/mol. The molecule has 1 rings (SSSR count). The minimum atomic E-state index is 0. The first-order chi connectivity index (χ1) is 5.54. The number of hydrogen-bond acceptors (Lipinski definition) is 1. The van der Waals surface area contributed by atoms with E-state index in [-0.39, 0.29) is 22.5 Å². The van der Waals surface area contributed by atoms with Gasteiger partial charge >= 0.3 is 0 Å². The number of rotatable bonds is 1. The van der Waals surface area contributed by atoms with E-state index in [1.807, 2.05) is 0 Å². The molecular formula is C11H16CuS. The fourth-order valence-electron chi connectivity index (χ4n) is 1.11. The van der Waals surface area contributed by atoms with Crippen molar-refractivity contribution in [1.82, 2.24) is 0 Å². The Hall–Kier alpha value is 0.0895. The molecule has 1 aromatic carbocycles. The Morgan fingerprint density at radius 2 is 1.54 bits per heavy atom. The third-order valence-electron chi connectivity index (χ3n) is 2.00. The van der Waals surface area contributed by atoms with Crippen LogP contribution in [0.2, 0.25) is 0 Å². The summed E-state index contributed by atoms with van der Waals surface area (Å²) in [4.78, 5) is 0. The molecule has 0 aliphatic rings.